The summed E-state index contributed by atoms with van der Waals surface area (Å²) >= 11 is 0. The first-order valence-corrected chi connectivity index (χ1v) is 12.0. The Hall–Kier alpha value is -2.23. The van der Waals surface area contributed by atoms with E-state index in [4.69, 9.17) is 0 Å². The maximum atomic E-state index is 12.5. The van der Waals surface area contributed by atoms with Crippen LogP contribution in [0.2, 0.25) is 0 Å². The molecule has 3 N–H and O–H groups in total. The van der Waals surface area contributed by atoms with E-state index in [1.54, 1.807) is 12.1 Å². The lowest BCUT2D eigenvalue weighted by Gasteiger charge is -2.20. The minimum absolute atomic E-state index is 0.0385. The minimum Gasteiger partial charge on any atom is -0.341 e. The fourth-order valence-corrected chi connectivity index (χ4v) is 4.71. The Morgan fingerprint density at radius 1 is 1.20 bits per heavy atom. The molecule has 2 aromatic rings. The van der Waals surface area contributed by atoms with E-state index in [1.807, 2.05) is 17.0 Å². The number of aromatic nitrogens is 2. The number of rotatable bonds is 10. The van der Waals surface area contributed by atoms with Crippen molar-refractivity contribution in [3.8, 4) is 0 Å². The van der Waals surface area contributed by atoms with Crippen LogP contribution in [0, 0.1) is 0 Å². The molecule has 164 valence electrons. The number of imidazole rings is 1. The van der Waals surface area contributed by atoms with Crippen LogP contribution < -0.4 is 10.6 Å². The molecule has 1 saturated heterocycles. The third-order valence-corrected chi connectivity index (χ3v) is 6.90. The van der Waals surface area contributed by atoms with Crippen molar-refractivity contribution >= 4 is 15.7 Å². The first-order chi connectivity index (χ1) is 14.5. The van der Waals surface area contributed by atoms with Crippen LogP contribution in [-0.4, -0.2) is 68.0 Å². The molecule has 9 heteroatoms. The molecule has 1 amide bonds. The van der Waals surface area contributed by atoms with E-state index in [-0.39, 0.29) is 22.0 Å². The number of aromatic amines is 1. The van der Waals surface area contributed by atoms with Gasteiger partial charge in [0.2, 0.25) is 20.9 Å². The van der Waals surface area contributed by atoms with Gasteiger partial charge in [-0.2, -0.15) is 0 Å². The molecule has 8 nitrogen and oxygen atoms in total. The standard InChI is InChI=1S/C21H31N5O3S/c1-17(23-9-2-3-14-26-15-13-22-10-8-20(26)27)16-18-4-6-19(7-5-18)30(28,29)21-24-11-12-25-21/h4-7,11-12,17,22-23H,2-3,8-10,13-16H2,1H3,(H,24,25). The number of H-pyrrole nitrogens is 1. The molecule has 1 aliphatic heterocycles. The molecule has 1 aromatic carbocycles. The van der Waals surface area contributed by atoms with E-state index in [2.05, 4.69) is 27.5 Å². The zero-order valence-corrected chi connectivity index (χ0v) is 18.2. The molecule has 0 bridgehead atoms. The lowest BCUT2D eigenvalue weighted by Crippen LogP contribution is -2.34. The van der Waals surface area contributed by atoms with E-state index >= 15 is 0 Å². The second kappa shape index (κ2) is 10.7. The van der Waals surface area contributed by atoms with E-state index in [0.29, 0.717) is 6.42 Å². The summed E-state index contributed by atoms with van der Waals surface area (Å²) in [7, 11) is -3.59. The zero-order valence-electron chi connectivity index (χ0n) is 17.4. The van der Waals surface area contributed by atoms with Gasteiger partial charge in [0.15, 0.2) is 0 Å². The number of nitrogens with zero attached hydrogens (tertiary/aromatic N) is 2. The van der Waals surface area contributed by atoms with Crippen molar-refractivity contribution < 1.29 is 13.2 Å². The highest BCUT2D eigenvalue weighted by molar-refractivity contribution is 7.91. The van der Waals surface area contributed by atoms with Crippen molar-refractivity contribution in [2.45, 2.75) is 48.7 Å². The Kier molecular flexibility index (Phi) is 8.01. The van der Waals surface area contributed by atoms with E-state index in [0.717, 1.165) is 57.5 Å². The average molecular weight is 434 g/mol. The summed E-state index contributed by atoms with van der Waals surface area (Å²) in [6, 6.07) is 7.25. The van der Waals surface area contributed by atoms with Gasteiger partial charge < -0.3 is 20.5 Å². The molecule has 2 heterocycles. The smallest absolute Gasteiger partial charge is 0.239 e. The number of carbonyl (C=O) groups is 1. The summed E-state index contributed by atoms with van der Waals surface area (Å²) in [5.41, 5.74) is 1.08. The SMILES string of the molecule is CC(Cc1ccc(S(=O)(=O)c2ncc[nH]2)cc1)NCCCCN1CCNCCC1=O. The van der Waals surface area contributed by atoms with Crippen LogP contribution in [0.5, 0.6) is 0 Å². The Bertz CT molecular complexity index is 897. The van der Waals surface area contributed by atoms with Crippen LogP contribution in [0.15, 0.2) is 46.7 Å². The van der Waals surface area contributed by atoms with E-state index in [1.165, 1.54) is 12.4 Å². The van der Waals surface area contributed by atoms with Crippen LogP contribution in [0.4, 0.5) is 0 Å². The van der Waals surface area contributed by atoms with Gasteiger partial charge in [0, 0.05) is 51.0 Å². The average Bonchev–Trinajstić information content (AvgIpc) is 3.20. The summed E-state index contributed by atoms with van der Waals surface area (Å²) in [4.78, 5) is 20.7. The number of sulfone groups is 1. The molecule has 0 radical (unpaired) electrons. The van der Waals surface area contributed by atoms with Crippen molar-refractivity contribution in [1.82, 2.24) is 25.5 Å². The predicted octanol–water partition coefficient (Wildman–Crippen LogP) is 1.37. The fraction of sp³-hybridized carbons (Fsp3) is 0.524. The first kappa shape index (κ1) is 22.5. The summed E-state index contributed by atoms with van der Waals surface area (Å²) in [6.45, 7) is 6.30. The summed E-state index contributed by atoms with van der Waals surface area (Å²) < 4.78 is 24.9. The highest BCUT2D eigenvalue weighted by Gasteiger charge is 2.20. The van der Waals surface area contributed by atoms with Gasteiger partial charge in [-0.05, 0) is 50.4 Å². The van der Waals surface area contributed by atoms with Gasteiger partial charge in [-0.15, -0.1) is 0 Å². The molecule has 0 spiro atoms. The molecule has 1 fully saturated rings. The van der Waals surface area contributed by atoms with E-state index < -0.39 is 9.84 Å². The molecule has 1 unspecified atom stereocenters. The number of hydrogen-bond acceptors (Lipinski definition) is 6. The fourth-order valence-electron chi connectivity index (χ4n) is 3.57. The van der Waals surface area contributed by atoms with Crippen LogP contribution in [0.1, 0.15) is 31.7 Å². The van der Waals surface area contributed by atoms with Gasteiger partial charge >= 0.3 is 0 Å². The van der Waals surface area contributed by atoms with Gasteiger partial charge in [-0.25, -0.2) is 13.4 Å². The Balaban J connectivity index is 1.39. The summed E-state index contributed by atoms with van der Waals surface area (Å²) in [6.07, 6.45) is 6.34. The lowest BCUT2D eigenvalue weighted by molar-refractivity contribution is -0.130. The second-order valence-corrected chi connectivity index (χ2v) is 9.55. The van der Waals surface area contributed by atoms with Crippen LogP contribution in [0.3, 0.4) is 0 Å². The molecular weight excluding hydrogens is 402 g/mol. The number of unbranched alkanes of at least 4 members (excludes halogenated alkanes) is 1. The molecular formula is C21H31N5O3S. The second-order valence-electron chi connectivity index (χ2n) is 7.69. The summed E-state index contributed by atoms with van der Waals surface area (Å²) in [5, 5.41) is 6.73. The van der Waals surface area contributed by atoms with Gasteiger partial charge in [0.1, 0.15) is 0 Å². The van der Waals surface area contributed by atoms with Crippen LogP contribution in [0.25, 0.3) is 0 Å². The topological polar surface area (TPSA) is 107 Å². The molecule has 1 atom stereocenters. The number of benzene rings is 1. The van der Waals surface area contributed by atoms with Gasteiger partial charge in [-0.1, -0.05) is 12.1 Å². The Morgan fingerprint density at radius 3 is 2.73 bits per heavy atom. The highest BCUT2D eigenvalue weighted by atomic mass is 32.2. The monoisotopic (exact) mass is 433 g/mol. The number of amides is 1. The van der Waals surface area contributed by atoms with Gasteiger partial charge in [0.25, 0.3) is 0 Å². The number of nitrogens with one attached hydrogen (secondary N) is 3. The Morgan fingerprint density at radius 2 is 2.00 bits per heavy atom. The number of hydrogen-bond donors (Lipinski definition) is 3. The zero-order chi connectivity index (χ0) is 21.4. The maximum Gasteiger partial charge on any atom is 0.239 e. The summed E-state index contributed by atoms with van der Waals surface area (Å²) in [5.74, 6) is 0.249. The Labute approximate surface area is 178 Å². The van der Waals surface area contributed by atoms with Crippen LogP contribution >= 0.6 is 0 Å². The number of carbonyl (C=O) groups excluding carboxylic acids is 1. The lowest BCUT2D eigenvalue weighted by atomic mass is 10.1. The van der Waals surface area contributed by atoms with Crippen molar-refractivity contribution in [1.29, 1.82) is 0 Å². The van der Waals surface area contributed by atoms with Crippen molar-refractivity contribution in [2.24, 2.45) is 0 Å². The highest BCUT2D eigenvalue weighted by Crippen LogP contribution is 2.18. The van der Waals surface area contributed by atoms with Crippen molar-refractivity contribution in [3.63, 3.8) is 0 Å². The quantitative estimate of drug-likeness (QED) is 0.489. The van der Waals surface area contributed by atoms with Gasteiger partial charge in [-0.3, -0.25) is 4.79 Å². The minimum atomic E-state index is -3.59. The third-order valence-electron chi connectivity index (χ3n) is 5.28. The normalized spacial score (nSPS) is 16.4. The van der Waals surface area contributed by atoms with Gasteiger partial charge in [0.05, 0.1) is 4.90 Å². The van der Waals surface area contributed by atoms with E-state index in [9.17, 15) is 13.2 Å². The molecule has 3 rings (SSSR count). The molecule has 0 saturated carbocycles. The first-order valence-electron chi connectivity index (χ1n) is 10.5. The van der Waals surface area contributed by atoms with Crippen molar-refractivity contribution in [2.75, 3.05) is 32.7 Å². The maximum absolute atomic E-state index is 12.5. The molecule has 1 aromatic heterocycles. The molecule has 30 heavy (non-hydrogen) atoms. The predicted molar refractivity (Wildman–Crippen MR) is 115 cm³/mol. The molecule has 0 aliphatic carbocycles. The van der Waals surface area contributed by atoms with Crippen LogP contribution in [-0.2, 0) is 21.1 Å². The molecule has 1 aliphatic rings. The third kappa shape index (κ3) is 6.13. The largest absolute Gasteiger partial charge is 0.341 e. The van der Waals surface area contributed by atoms with Crippen molar-refractivity contribution in [3.05, 3.63) is 42.2 Å².